The van der Waals surface area contributed by atoms with Crippen molar-refractivity contribution in [2.24, 2.45) is 0 Å². The van der Waals surface area contributed by atoms with E-state index in [1.54, 1.807) is 42.5 Å². The van der Waals surface area contributed by atoms with E-state index in [-0.39, 0.29) is 23.4 Å². The van der Waals surface area contributed by atoms with E-state index in [0.29, 0.717) is 17.8 Å². The summed E-state index contributed by atoms with van der Waals surface area (Å²) in [5.74, 6) is -0.564. The van der Waals surface area contributed by atoms with E-state index < -0.39 is 0 Å². The van der Waals surface area contributed by atoms with Crippen molar-refractivity contribution in [3.05, 3.63) is 83.6 Å². The summed E-state index contributed by atoms with van der Waals surface area (Å²) in [6, 6.07) is 15.0. The fourth-order valence-corrected chi connectivity index (χ4v) is 3.80. The number of rotatable bonds is 7. The van der Waals surface area contributed by atoms with Gasteiger partial charge >= 0.3 is 0 Å². The first-order valence-electron chi connectivity index (χ1n) is 11.0. The second-order valence-corrected chi connectivity index (χ2v) is 8.02. The smallest absolute Gasteiger partial charge is 0.291 e. The maximum absolute atomic E-state index is 13.1. The molecule has 1 fully saturated rings. The van der Waals surface area contributed by atoms with Gasteiger partial charge in [-0.25, -0.2) is 4.39 Å². The van der Waals surface area contributed by atoms with Crippen LogP contribution in [0.2, 0.25) is 0 Å². The predicted octanol–water partition coefficient (Wildman–Crippen LogP) is 3.53. The normalized spacial score (nSPS) is 14.2. The minimum Gasteiger partial charge on any atom is -0.459 e. The van der Waals surface area contributed by atoms with Gasteiger partial charge in [-0.15, -0.1) is 0 Å². The van der Waals surface area contributed by atoms with Gasteiger partial charge in [0.15, 0.2) is 5.76 Å². The number of piperazine rings is 1. The van der Waals surface area contributed by atoms with Gasteiger partial charge in [0.05, 0.1) is 6.26 Å². The highest BCUT2D eigenvalue weighted by molar-refractivity contribution is 6.03. The van der Waals surface area contributed by atoms with Crippen LogP contribution >= 0.6 is 0 Å². The molecule has 8 heteroatoms. The molecule has 0 saturated carbocycles. The number of benzene rings is 2. The molecule has 1 aromatic heterocycles. The molecule has 0 bridgehead atoms. The Morgan fingerprint density at radius 2 is 1.76 bits per heavy atom. The van der Waals surface area contributed by atoms with E-state index in [2.05, 4.69) is 20.4 Å². The van der Waals surface area contributed by atoms with Crippen molar-refractivity contribution in [3.63, 3.8) is 0 Å². The predicted molar refractivity (Wildman–Crippen MR) is 125 cm³/mol. The van der Waals surface area contributed by atoms with Gasteiger partial charge in [-0.3, -0.25) is 14.5 Å². The fourth-order valence-electron chi connectivity index (χ4n) is 3.80. The highest BCUT2D eigenvalue weighted by atomic mass is 19.1. The molecular weight excluding hydrogens is 423 g/mol. The lowest BCUT2D eigenvalue weighted by atomic mass is 10.1. The van der Waals surface area contributed by atoms with E-state index >= 15 is 0 Å². The number of halogens is 1. The molecule has 0 aliphatic carbocycles. The van der Waals surface area contributed by atoms with Gasteiger partial charge in [0.2, 0.25) is 0 Å². The number of nitrogens with one attached hydrogen (secondary N) is 2. The molecule has 1 saturated heterocycles. The van der Waals surface area contributed by atoms with Gasteiger partial charge in [0.1, 0.15) is 5.82 Å². The molecule has 1 aliphatic rings. The van der Waals surface area contributed by atoms with Gasteiger partial charge < -0.3 is 20.0 Å². The first kappa shape index (κ1) is 22.5. The summed E-state index contributed by atoms with van der Waals surface area (Å²) in [5, 5.41) is 5.75. The average molecular weight is 451 g/mol. The number of nitrogens with zero attached hydrogens (tertiary/aromatic N) is 2. The van der Waals surface area contributed by atoms with Crippen molar-refractivity contribution in [3.8, 4) is 0 Å². The topological polar surface area (TPSA) is 77.8 Å². The zero-order valence-electron chi connectivity index (χ0n) is 18.5. The standard InChI is InChI=1S/C25H27FN4O3/c1-18-4-5-19(17-22(18)28-25(32)23-3-2-16-33-23)24(31)27-10-11-29-12-14-30(15-13-29)21-8-6-20(26)7-9-21/h2-9,16-17H,10-15H2,1H3,(H,27,31)(H,28,32). The summed E-state index contributed by atoms with van der Waals surface area (Å²) in [6.07, 6.45) is 1.44. The minimum absolute atomic E-state index is 0.187. The second kappa shape index (κ2) is 10.3. The summed E-state index contributed by atoms with van der Waals surface area (Å²) >= 11 is 0. The Morgan fingerprint density at radius 1 is 1.00 bits per heavy atom. The molecule has 2 amide bonds. The van der Waals surface area contributed by atoms with E-state index in [1.165, 1.54) is 18.4 Å². The highest BCUT2D eigenvalue weighted by Gasteiger charge is 2.18. The van der Waals surface area contributed by atoms with Crippen LogP contribution in [0.1, 0.15) is 26.5 Å². The first-order chi connectivity index (χ1) is 16.0. The zero-order chi connectivity index (χ0) is 23.2. The molecule has 7 nitrogen and oxygen atoms in total. The van der Waals surface area contributed by atoms with Crippen LogP contribution in [0, 0.1) is 12.7 Å². The van der Waals surface area contributed by atoms with Crippen LogP contribution in [-0.2, 0) is 0 Å². The van der Waals surface area contributed by atoms with Gasteiger partial charge in [0, 0.05) is 56.2 Å². The third kappa shape index (κ3) is 5.78. The molecule has 33 heavy (non-hydrogen) atoms. The summed E-state index contributed by atoms with van der Waals surface area (Å²) in [7, 11) is 0. The average Bonchev–Trinajstić information content (AvgIpc) is 3.37. The van der Waals surface area contributed by atoms with Crippen LogP contribution in [0.25, 0.3) is 0 Å². The van der Waals surface area contributed by atoms with Gasteiger partial charge in [-0.2, -0.15) is 0 Å². The van der Waals surface area contributed by atoms with Crippen LogP contribution in [-0.4, -0.2) is 56.0 Å². The molecule has 0 radical (unpaired) electrons. The van der Waals surface area contributed by atoms with Crippen molar-refractivity contribution in [2.45, 2.75) is 6.92 Å². The second-order valence-electron chi connectivity index (χ2n) is 8.02. The quantitative estimate of drug-likeness (QED) is 0.576. The van der Waals surface area contributed by atoms with Crippen LogP contribution in [0.5, 0.6) is 0 Å². The Bertz CT molecular complexity index is 1090. The number of furan rings is 1. The summed E-state index contributed by atoms with van der Waals surface area (Å²) in [5.41, 5.74) is 2.93. The molecule has 2 heterocycles. The lowest BCUT2D eigenvalue weighted by molar-refractivity contribution is 0.0946. The lowest BCUT2D eigenvalue weighted by Gasteiger charge is -2.36. The number of anilines is 2. The molecule has 3 aromatic rings. The van der Waals surface area contributed by atoms with Crippen LogP contribution in [0.3, 0.4) is 0 Å². The van der Waals surface area contributed by atoms with Gasteiger partial charge in [-0.1, -0.05) is 6.07 Å². The Hall–Kier alpha value is -3.65. The molecule has 2 N–H and O–H groups in total. The molecule has 4 rings (SSSR count). The molecule has 172 valence electrons. The molecule has 0 spiro atoms. The Labute approximate surface area is 192 Å². The monoisotopic (exact) mass is 450 g/mol. The van der Waals surface area contributed by atoms with Gasteiger partial charge in [0.25, 0.3) is 11.8 Å². The Balaban J connectivity index is 1.24. The van der Waals surface area contributed by atoms with Crippen LogP contribution < -0.4 is 15.5 Å². The van der Waals surface area contributed by atoms with Crippen LogP contribution in [0.4, 0.5) is 15.8 Å². The van der Waals surface area contributed by atoms with E-state index in [0.717, 1.165) is 44.0 Å². The third-order valence-electron chi connectivity index (χ3n) is 5.77. The summed E-state index contributed by atoms with van der Waals surface area (Å²) in [4.78, 5) is 29.4. The number of hydrogen-bond donors (Lipinski definition) is 2. The number of aryl methyl sites for hydroxylation is 1. The molecular formula is C25H27FN4O3. The maximum Gasteiger partial charge on any atom is 0.291 e. The largest absolute Gasteiger partial charge is 0.459 e. The van der Waals surface area contributed by atoms with E-state index in [9.17, 15) is 14.0 Å². The van der Waals surface area contributed by atoms with Crippen molar-refractivity contribution in [1.82, 2.24) is 10.2 Å². The fraction of sp³-hybridized carbons (Fsp3) is 0.280. The Morgan fingerprint density at radius 3 is 2.45 bits per heavy atom. The van der Waals surface area contributed by atoms with E-state index in [4.69, 9.17) is 4.42 Å². The molecule has 0 unspecified atom stereocenters. The zero-order valence-corrected chi connectivity index (χ0v) is 18.5. The molecule has 2 aromatic carbocycles. The Kier molecular flexibility index (Phi) is 7.04. The highest BCUT2D eigenvalue weighted by Crippen LogP contribution is 2.19. The molecule has 1 aliphatic heterocycles. The number of carbonyl (C=O) groups excluding carboxylic acids is 2. The lowest BCUT2D eigenvalue weighted by Crippen LogP contribution is -2.48. The van der Waals surface area contributed by atoms with Crippen molar-refractivity contribution >= 4 is 23.2 Å². The first-order valence-corrected chi connectivity index (χ1v) is 11.0. The van der Waals surface area contributed by atoms with E-state index in [1.807, 2.05) is 6.92 Å². The van der Waals surface area contributed by atoms with Crippen molar-refractivity contribution < 1.29 is 18.4 Å². The number of carbonyl (C=O) groups is 2. The summed E-state index contributed by atoms with van der Waals surface area (Å²) < 4.78 is 18.2. The minimum atomic E-state index is -0.361. The van der Waals surface area contributed by atoms with Crippen molar-refractivity contribution in [2.75, 3.05) is 49.5 Å². The number of amides is 2. The SMILES string of the molecule is Cc1ccc(C(=O)NCCN2CCN(c3ccc(F)cc3)CC2)cc1NC(=O)c1ccco1. The third-order valence-corrected chi connectivity index (χ3v) is 5.77. The number of hydrogen-bond acceptors (Lipinski definition) is 5. The molecule has 0 atom stereocenters. The van der Waals surface area contributed by atoms with Crippen molar-refractivity contribution in [1.29, 1.82) is 0 Å². The van der Waals surface area contributed by atoms with Gasteiger partial charge in [-0.05, 0) is 61.0 Å². The summed E-state index contributed by atoms with van der Waals surface area (Å²) in [6.45, 7) is 6.60. The van der Waals surface area contributed by atoms with Crippen LogP contribution in [0.15, 0.2) is 65.3 Å². The maximum atomic E-state index is 13.1.